The van der Waals surface area contributed by atoms with E-state index in [2.05, 4.69) is 21.2 Å². The molecule has 0 heterocycles. The summed E-state index contributed by atoms with van der Waals surface area (Å²) in [6.07, 6.45) is 2.18. The van der Waals surface area contributed by atoms with Gasteiger partial charge in [0.15, 0.2) is 11.6 Å². The van der Waals surface area contributed by atoms with E-state index >= 15 is 0 Å². The zero-order chi connectivity index (χ0) is 14.6. The highest BCUT2D eigenvalue weighted by atomic mass is 79.9. The van der Waals surface area contributed by atoms with Crippen molar-refractivity contribution in [1.82, 2.24) is 5.32 Å². The average Bonchev–Trinajstić information content (AvgIpc) is 2.38. The third kappa shape index (κ3) is 3.86. The molecular weight excluding hydrogens is 316 g/mol. The highest BCUT2D eigenvalue weighted by Gasteiger charge is 2.14. The molecule has 0 unspecified atom stereocenters. The molecule has 0 saturated heterocycles. The fraction of sp³-hybridized carbons (Fsp3) is 0.357. The predicted octanol–water partition coefficient (Wildman–Crippen LogP) is 3.97. The van der Waals surface area contributed by atoms with Gasteiger partial charge in [-0.05, 0) is 38.0 Å². The van der Waals surface area contributed by atoms with Gasteiger partial charge in [-0.1, -0.05) is 22.9 Å². The van der Waals surface area contributed by atoms with E-state index in [1.807, 2.05) is 6.92 Å². The molecule has 0 bridgehead atoms. The Morgan fingerprint density at radius 2 is 2.11 bits per heavy atom. The van der Waals surface area contributed by atoms with Crippen LogP contribution in [0.25, 0.3) is 6.08 Å². The van der Waals surface area contributed by atoms with Crippen molar-refractivity contribution >= 4 is 27.9 Å². The molecule has 19 heavy (non-hydrogen) atoms. The Bertz CT molecular complexity index is 500. The molecule has 1 amide bonds. The van der Waals surface area contributed by atoms with Gasteiger partial charge in [0.1, 0.15) is 0 Å². The summed E-state index contributed by atoms with van der Waals surface area (Å²) in [5.74, 6) is -2.16. The first-order valence-corrected chi connectivity index (χ1v) is 6.78. The monoisotopic (exact) mass is 331 g/mol. The van der Waals surface area contributed by atoms with Crippen LogP contribution < -0.4 is 5.32 Å². The van der Waals surface area contributed by atoms with E-state index < -0.39 is 11.6 Å². The van der Waals surface area contributed by atoms with Crippen LogP contribution in [-0.4, -0.2) is 12.5 Å². The molecule has 0 saturated carbocycles. The van der Waals surface area contributed by atoms with Gasteiger partial charge in [-0.3, -0.25) is 4.79 Å². The Kier molecular flexibility index (Phi) is 5.66. The summed E-state index contributed by atoms with van der Waals surface area (Å²) in [5, 5.41) is 2.69. The maximum Gasteiger partial charge on any atom is 0.246 e. The Hall–Kier alpha value is -1.23. The molecule has 0 radical (unpaired) electrons. The molecule has 5 heteroatoms. The number of nitrogens with one attached hydrogen (secondary N) is 1. The molecule has 1 aromatic rings. The van der Waals surface area contributed by atoms with Gasteiger partial charge in [-0.15, -0.1) is 0 Å². The number of carbonyl (C=O) groups is 1. The van der Waals surface area contributed by atoms with Gasteiger partial charge in [0.25, 0.3) is 0 Å². The van der Waals surface area contributed by atoms with Gasteiger partial charge in [0.05, 0.1) is 0 Å². The van der Waals surface area contributed by atoms with Crippen molar-refractivity contribution in [2.45, 2.75) is 27.2 Å². The van der Waals surface area contributed by atoms with Crippen molar-refractivity contribution < 1.29 is 13.6 Å². The molecule has 0 aliphatic heterocycles. The maximum absolute atomic E-state index is 13.7. The number of halogens is 3. The average molecular weight is 332 g/mol. The molecule has 0 fully saturated rings. The molecule has 0 spiro atoms. The lowest BCUT2D eigenvalue weighted by molar-refractivity contribution is -0.117. The standard InChI is InChI=1S/C14H16BrF2NO/c1-4-5-18-14(19)8(2)6-10-9(3)11(15)7-12(16)13(10)17/h6-7H,4-5H2,1-3H3,(H,18,19)/b8-6+. The normalized spacial score (nSPS) is 11.6. The fourth-order valence-electron chi connectivity index (χ4n) is 1.54. The van der Waals surface area contributed by atoms with Gasteiger partial charge in [0, 0.05) is 22.2 Å². The van der Waals surface area contributed by atoms with Crippen LogP contribution in [0.2, 0.25) is 0 Å². The second-order valence-corrected chi connectivity index (χ2v) is 5.13. The Morgan fingerprint density at radius 3 is 2.68 bits per heavy atom. The van der Waals surface area contributed by atoms with Crippen LogP contribution in [0.15, 0.2) is 16.1 Å². The summed E-state index contributed by atoms with van der Waals surface area (Å²) in [5.41, 5.74) is 0.991. The SMILES string of the molecule is CCCNC(=O)/C(C)=C/c1c(C)c(Br)cc(F)c1F. The van der Waals surface area contributed by atoms with E-state index in [-0.39, 0.29) is 11.5 Å². The lowest BCUT2D eigenvalue weighted by Gasteiger charge is -2.08. The summed E-state index contributed by atoms with van der Waals surface area (Å²) in [6, 6.07) is 1.08. The summed E-state index contributed by atoms with van der Waals surface area (Å²) < 4.78 is 27.6. The van der Waals surface area contributed by atoms with Gasteiger partial charge in [-0.25, -0.2) is 8.78 Å². The fourth-order valence-corrected chi connectivity index (χ4v) is 1.95. The van der Waals surface area contributed by atoms with Gasteiger partial charge < -0.3 is 5.32 Å². The Morgan fingerprint density at radius 1 is 1.47 bits per heavy atom. The zero-order valence-electron chi connectivity index (χ0n) is 11.1. The van der Waals surface area contributed by atoms with E-state index in [9.17, 15) is 13.6 Å². The minimum absolute atomic E-state index is 0.0935. The molecule has 0 aliphatic rings. The van der Waals surface area contributed by atoms with Crippen LogP contribution in [0.1, 0.15) is 31.4 Å². The van der Waals surface area contributed by atoms with Crippen LogP contribution in [0.4, 0.5) is 8.78 Å². The predicted molar refractivity (Wildman–Crippen MR) is 75.7 cm³/mol. The third-order valence-corrected chi connectivity index (χ3v) is 3.54. The minimum Gasteiger partial charge on any atom is -0.352 e. The van der Waals surface area contributed by atoms with E-state index in [0.29, 0.717) is 22.2 Å². The van der Waals surface area contributed by atoms with E-state index in [0.717, 1.165) is 12.5 Å². The molecular formula is C14H16BrF2NO. The number of benzene rings is 1. The van der Waals surface area contributed by atoms with Crippen molar-refractivity contribution in [3.05, 3.63) is 38.9 Å². The molecule has 1 rings (SSSR count). The molecule has 0 atom stereocenters. The summed E-state index contributed by atoms with van der Waals surface area (Å²) in [7, 11) is 0. The number of hydrogen-bond donors (Lipinski definition) is 1. The zero-order valence-corrected chi connectivity index (χ0v) is 12.7. The molecule has 104 valence electrons. The number of carbonyl (C=O) groups excluding carboxylic acids is 1. The van der Waals surface area contributed by atoms with Gasteiger partial charge >= 0.3 is 0 Å². The first kappa shape index (κ1) is 15.8. The summed E-state index contributed by atoms with van der Waals surface area (Å²) in [6.45, 7) is 5.73. The highest BCUT2D eigenvalue weighted by Crippen LogP contribution is 2.26. The number of hydrogen-bond acceptors (Lipinski definition) is 1. The van der Waals surface area contributed by atoms with E-state index in [1.54, 1.807) is 13.8 Å². The molecule has 1 N–H and O–H groups in total. The molecule has 2 nitrogen and oxygen atoms in total. The van der Waals surface area contributed by atoms with Crippen LogP contribution in [0, 0.1) is 18.6 Å². The van der Waals surface area contributed by atoms with E-state index in [1.165, 1.54) is 6.08 Å². The van der Waals surface area contributed by atoms with Crippen LogP contribution in [0.5, 0.6) is 0 Å². The first-order chi connectivity index (χ1) is 8.88. The highest BCUT2D eigenvalue weighted by molar-refractivity contribution is 9.10. The minimum atomic E-state index is -0.941. The quantitative estimate of drug-likeness (QED) is 0.656. The maximum atomic E-state index is 13.7. The first-order valence-electron chi connectivity index (χ1n) is 5.99. The lowest BCUT2D eigenvalue weighted by Crippen LogP contribution is -2.24. The number of amides is 1. The smallest absolute Gasteiger partial charge is 0.246 e. The number of rotatable bonds is 4. The van der Waals surface area contributed by atoms with Crippen molar-refractivity contribution in [2.75, 3.05) is 6.54 Å². The van der Waals surface area contributed by atoms with Crippen LogP contribution >= 0.6 is 15.9 Å². The van der Waals surface area contributed by atoms with Crippen molar-refractivity contribution in [3.8, 4) is 0 Å². The van der Waals surface area contributed by atoms with Crippen molar-refractivity contribution in [1.29, 1.82) is 0 Å². The topological polar surface area (TPSA) is 29.1 Å². The Balaban J connectivity index is 3.14. The van der Waals surface area contributed by atoms with Crippen LogP contribution in [-0.2, 0) is 4.79 Å². The third-order valence-electron chi connectivity index (χ3n) is 2.72. The summed E-state index contributed by atoms with van der Waals surface area (Å²) in [4.78, 5) is 11.7. The van der Waals surface area contributed by atoms with Gasteiger partial charge in [0.2, 0.25) is 5.91 Å². The second kappa shape index (κ2) is 6.80. The Labute approximate surface area is 120 Å². The largest absolute Gasteiger partial charge is 0.352 e. The van der Waals surface area contributed by atoms with Crippen molar-refractivity contribution in [3.63, 3.8) is 0 Å². The van der Waals surface area contributed by atoms with Gasteiger partial charge in [-0.2, -0.15) is 0 Å². The van der Waals surface area contributed by atoms with Crippen LogP contribution in [0.3, 0.4) is 0 Å². The lowest BCUT2D eigenvalue weighted by atomic mass is 10.0. The van der Waals surface area contributed by atoms with Crippen molar-refractivity contribution in [2.24, 2.45) is 0 Å². The molecule has 1 aromatic carbocycles. The van der Waals surface area contributed by atoms with E-state index in [4.69, 9.17) is 0 Å². The summed E-state index contributed by atoms with van der Waals surface area (Å²) >= 11 is 3.16. The second-order valence-electron chi connectivity index (χ2n) is 4.28. The molecule has 0 aromatic heterocycles. The molecule has 0 aliphatic carbocycles.